The first-order chi connectivity index (χ1) is 12.5. The number of hydrogen-bond donors (Lipinski definition) is 1. The molecule has 136 valence electrons. The number of alkyl halides is 2. The monoisotopic (exact) mass is 357 g/mol. The fourth-order valence-corrected chi connectivity index (χ4v) is 2.93. The van der Waals surface area contributed by atoms with E-state index in [4.69, 9.17) is 0 Å². The number of nitrogens with zero attached hydrogens (tertiary/aromatic N) is 2. The van der Waals surface area contributed by atoms with E-state index in [-0.39, 0.29) is 24.2 Å². The topological polar surface area (TPSA) is 46.9 Å². The minimum Gasteiger partial charge on any atom is -0.352 e. The number of aryl methyl sites for hydroxylation is 1. The van der Waals surface area contributed by atoms with Crippen molar-refractivity contribution in [3.05, 3.63) is 66.0 Å². The summed E-state index contributed by atoms with van der Waals surface area (Å²) in [5.74, 6) is 0.236. The number of benzene rings is 1. The lowest BCUT2D eigenvalue weighted by Crippen LogP contribution is -2.35. The van der Waals surface area contributed by atoms with Crippen LogP contribution in [0, 0.1) is 0 Å². The van der Waals surface area contributed by atoms with Gasteiger partial charge in [-0.25, -0.2) is 13.8 Å². The maximum atomic E-state index is 12.8. The van der Waals surface area contributed by atoms with Crippen molar-refractivity contribution >= 4 is 5.91 Å². The van der Waals surface area contributed by atoms with Crippen molar-refractivity contribution in [3.63, 3.8) is 0 Å². The molecule has 0 radical (unpaired) electrons. The first-order valence-corrected chi connectivity index (χ1v) is 8.60. The molecule has 1 aromatic carbocycles. The van der Waals surface area contributed by atoms with Gasteiger partial charge in [-0.05, 0) is 43.5 Å². The smallest absolute Gasteiger partial charge is 0.280 e. The summed E-state index contributed by atoms with van der Waals surface area (Å²) in [7, 11) is 0. The number of rotatable bonds is 7. The van der Waals surface area contributed by atoms with Gasteiger partial charge >= 0.3 is 0 Å². The highest BCUT2D eigenvalue weighted by Crippen LogP contribution is 2.27. The molecule has 3 rings (SSSR count). The minimum absolute atomic E-state index is 0.0201. The Bertz CT molecular complexity index is 832. The molecule has 0 aliphatic carbocycles. The third kappa shape index (κ3) is 4.45. The highest BCUT2D eigenvalue weighted by molar-refractivity contribution is 5.77. The van der Waals surface area contributed by atoms with Gasteiger partial charge in [-0.3, -0.25) is 4.79 Å². The SMILES string of the molecule is CC(CCc1ccccc1)NC(=O)Cn1cccc2cc(C(F)F)nc1-2. The van der Waals surface area contributed by atoms with Crippen LogP contribution >= 0.6 is 0 Å². The molecule has 6 heteroatoms. The van der Waals surface area contributed by atoms with E-state index in [0.29, 0.717) is 11.4 Å². The standard InChI is InChI=1S/C20H21F2N3O/c1-14(9-10-15-6-3-2-4-7-15)23-18(26)13-25-11-5-8-16-12-17(19(21)22)24-20(16)25/h2-8,11-12,14,19H,9-10,13H2,1H3,(H,23,26). The molecule has 0 bridgehead atoms. The number of aromatic nitrogens is 2. The summed E-state index contributed by atoms with van der Waals surface area (Å²) >= 11 is 0. The summed E-state index contributed by atoms with van der Waals surface area (Å²) in [6.07, 6.45) is 0.767. The molecule has 0 aromatic heterocycles. The van der Waals surface area contributed by atoms with E-state index >= 15 is 0 Å². The van der Waals surface area contributed by atoms with Gasteiger partial charge in [-0.2, -0.15) is 0 Å². The van der Waals surface area contributed by atoms with Gasteiger partial charge in [0.25, 0.3) is 6.43 Å². The fourth-order valence-electron chi connectivity index (χ4n) is 2.93. The van der Waals surface area contributed by atoms with Crippen molar-refractivity contribution in [2.75, 3.05) is 0 Å². The van der Waals surface area contributed by atoms with Gasteiger partial charge in [0, 0.05) is 17.8 Å². The van der Waals surface area contributed by atoms with E-state index in [9.17, 15) is 13.6 Å². The highest BCUT2D eigenvalue weighted by atomic mass is 19.3. The lowest BCUT2D eigenvalue weighted by atomic mass is 10.1. The van der Waals surface area contributed by atoms with Crippen LogP contribution in [0.1, 0.15) is 31.0 Å². The normalized spacial score (nSPS) is 12.5. The fraction of sp³-hybridized carbons (Fsp3) is 0.300. The van der Waals surface area contributed by atoms with Crippen molar-refractivity contribution < 1.29 is 13.6 Å². The molecule has 0 saturated carbocycles. The Hall–Kier alpha value is -2.76. The number of hydrogen-bond acceptors (Lipinski definition) is 2. The third-order valence-electron chi connectivity index (χ3n) is 4.26. The maximum absolute atomic E-state index is 12.8. The van der Waals surface area contributed by atoms with Crippen LogP contribution in [0.3, 0.4) is 0 Å². The van der Waals surface area contributed by atoms with E-state index < -0.39 is 6.43 Å². The Morgan fingerprint density at radius 1 is 1.19 bits per heavy atom. The van der Waals surface area contributed by atoms with E-state index in [1.165, 1.54) is 11.6 Å². The van der Waals surface area contributed by atoms with Crippen LogP contribution in [0.25, 0.3) is 11.4 Å². The summed E-state index contributed by atoms with van der Waals surface area (Å²) < 4.78 is 27.3. The lowest BCUT2D eigenvalue weighted by Gasteiger charge is -2.16. The van der Waals surface area contributed by atoms with Gasteiger partial charge in [-0.15, -0.1) is 0 Å². The second-order valence-electron chi connectivity index (χ2n) is 6.39. The number of halogens is 2. The van der Waals surface area contributed by atoms with Crippen LogP contribution < -0.4 is 5.32 Å². The lowest BCUT2D eigenvalue weighted by molar-refractivity contribution is -0.122. The van der Waals surface area contributed by atoms with Crippen molar-refractivity contribution in [1.82, 2.24) is 14.9 Å². The van der Waals surface area contributed by atoms with Crippen LogP contribution in [-0.2, 0) is 17.8 Å². The average Bonchev–Trinajstić information content (AvgIpc) is 3.06. The van der Waals surface area contributed by atoms with Crippen LogP contribution in [-0.4, -0.2) is 21.5 Å². The first kappa shape index (κ1) is 18.0. The summed E-state index contributed by atoms with van der Waals surface area (Å²) in [4.78, 5) is 16.3. The molecule has 0 fully saturated rings. The van der Waals surface area contributed by atoms with Gasteiger partial charge in [0.1, 0.15) is 18.1 Å². The number of fused-ring (bicyclic) bond motifs is 1. The van der Waals surface area contributed by atoms with Crippen LogP contribution in [0.5, 0.6) is 0 Å². The van der Waals surface area contributed by atoms with Crippen molar-refractivity contribution in [3.8, 4) is 11.4 Å². The summed E-state index contributed by atoms with van der Waals surface area (Å²) in [5.41, 5.74) is 1.57. The zero-order valence-corrected chi connectivity index (χ0v) is 14.5. The number of carbonyl (C=O) groups excluding carboxylic acids is 1. The quantitative estimate of drug-likeness (QED) is 0.693. The Kier molecular flexibility index (Phi) is 5.61. The van der Waals surface area contributed by atoms with Crippen LogP contribution in [0.2, 0.25) is 0 Å². The minimum atomic E-state index is -2.62. The summed E-state index contributed by atoms with van der Waals surface area (Å²) in [6.45, 7) is 2.01. The molecular weight excluding hydrogens is 336 g/mol. The molecule has 4 nitrogen and oxygen atoms in total. The second-order valence-corrected chi connectivity index (χ2v) is 6.39. The molecule has 0 spiro atoms. The predicted octanol–water partition coefficient (Wildman–Crippen LogP) is 4.06. The van der Waals surface area contributed by atoms with Crippen molar-refractivity contribution in [2.24, 2.45) is 0 Å². The largest absolute Gasteiger partial charge is 0.352 e. The Morgan fingerprint density at radius 3 is 2.69 bits per heavy atom. The molecule has 1 amide bonds. The molecule has 26 heavy (non-hydrogen) atoms. The average molecular weight is 357 g/mol. The van der Waals surface area contributed by atoms with Gasteiger partial charge in [0.05, 0.1) is 0 Å². The zero-order valence-electron chi connectivity index (χ0n) is 14.5. The van der Waals surface area contributed by atoms with Gasteiger partial charge in [0.15, 0.2) is 0 Å². The predicted molar refractivity (Wildman–Crippen MR) is 96.2 cm³/mol. The number of nitrogens with one attached hydrogen (secondary N) is 1. The Morgan fingerprint density at radius 2 is 1.96 bits per heavy atom. The molecule has 1 N–H and O–H groups in total. The zero-order chi connectivity index (χ0) is 18.5. The Balaban J connectivity index is 1.58. The summed E-state index contributed by atoms with van der Waals surface area (Å²) in [5, 5.41) is 2.96. The van der Waals surface area contributed by atoms with E-state index in [0.717, 1.165) is 12.8 Å². The Labute approximate surface area is 151 Å². The van der Waals surface area contributed by atoms with Crippen LogP contribution in [0.4, 0.5) is 8.78 Å². The van der Waals surface area contributed by atoms with Crippen LogP contribution in [0.15, 0.2) is 54.7 Å². The number of carbonyl (C=O) groups is 1. The maximum Gasteiger partial charge on any atom is 0.280 e. The molecule has 2 aliphatic heterocycles. The molecule has 2 aliphatic rings. The first-order valence-electron chi connectivity index (χ1n) is 8.60. The van der Waals surface area contributed by atoms with Crippen molar-refractivity contribution in [1.29, 1.82) is 0 Å². The van der Waals surface area contributed by atoms with E-state index in [2.05, 4.69) is 22.4 Å². The number of pyridine rings is 1. The van der Waals surface area contributed by atoms with E-state index in [1.807, 2.05) is 25.1 Å². The highest BCUT2D eigenvalue weighted by Gasteiger charge is 2.19. The molecule has 2 heterocycles. The van der Waals surface area contributed by atoms with Gasteiger partial charge < -0.3 is 9.88 Å². The summed E-state index contributed by atoms with van der Waals surface area (Å²) in [6, 6.07) is 14.9. The van der Waals surface area contributed by atoms with E-state index in [1.54, 1.807) is 22.9 Å². The number of amides is 1. The molecule has 0 saturated heterocycles. The molecule has 1 unspecified atom stereocenters. The van der Waals surface area contributed by atoms with Crippen molar-refractivity contribution in [2.45, 2.75) is 38.8 Å². The molecule has 1 atom stereocenters. The second kappa shape index (κ2) is 8.08. The van der Waals surface area contributed by atoms with Gasteiger partial charge in [-0.1, -0.05) is 30.3 Å². The van der Waals surface area contributed by atoms with Gasteiger partial charge in [0.2, 0.25) is 5.91 Å². The molecular formula is C20H21F2N3O. The molecule has 1 aromatic rings. The third-order valence-corrected chi connectivity index (χ3v) is 4.26.